The van der Waals surface area contributed by atoms with E-state index in [1.807, 2.05) is 0 Å². The van der Waals surface area contributed by atoms with Crippen molar-refractivity contribution >= 4 is 21.9 Å². The van der Waals surface area contributed by atoms with Crippen LogP contribution in [0.3, 0.4) is 0 Å². The molecule has 0 saturated heterocycles. The molecule has 0 heterocycles. The summed E-state index contributed by atoms with van der Waals surface area (Å²) in [6.07, 6.45) is -0.840. The van der Waals surface area contributed by atoms with E-state index in [-0.39, 0.29) is 10.9 Å². The Morgan fingerprint density at radius 2 is 1.93 bits per heavy atom. The van der Waals surface area contributed by atoms with Crippen molar-refractivity contribution in [3.63, 3.8) is 0 Å². The summed E-state index contributed by atoms with van der Waals surface area (Å²) in [4.78, 5) is 10.2. The molecule has 0 aliphatic heterocycles. The Morgan fingerprint density at radius 3 is 2.47 bits per heavy atom. The lowest BCUT2D eigenvalue weighted by atomic mass is 10.1. The van der Waals surface area contributed by atoms with E-state index < -0.39 is 35.4 Å². The van der Waals surface area contributed by atoms with Crippen molar-refractivity contribution in [3.8, 4) is 0 Å². The second kappa shape index (κ2) is 4.65. The van der Waals surface area contributed by atoms with Gasteiger partial charge in [-0.2, -0.15) is 0 Å². The molecule has 1 N–H and O–H groups in total. The zero-order valence-corrected chi connectivity index (χ0v) is 8.94. The molecular formula is C9H6BrF3O2. The van der Waals surface area contributed by atoms with E-state index in [0.29, 0.717) is 6.07 Å². The van der Waals surface area contributed by atoms with Crippen LogP contribution in [-0.2, 0) is 11.2 Å². The van der Waals surface area contributed by atoms with Crippen LogP contribution in [0.15, 0.2) is 10.5 Å². The van der Waals surface area contributed by atoms with Gasteiger partial charge in [0.1, 0.15) is 5.82 Å². The Hall–Kier alpha value is -1.04. The lowest BCUT2D eigenvalue weighted by molar-refractivity contribution is -0.136. The largest absolute Gasteiger partial charge is 0.481 e. The van der Waals surface area contributed by atoms with E-state index in [0.717, 1.165) is 0 Å². The van der Waals surface area contributed by atoms with Crippen molar-refractivity contribution in [1.82, 2.24) is 0 Å². The fourth-order valence-electron chi connectivity index (χ4n) is 1.07. The van der Waals surface area contributed by atoms with Gasteiger partial charge in [-0.1, -0.05) is 0 Å². The van der Waals surface area contributed by atoms with Crippen molar-refractivity contribution in [1.29, 1.82) is 0 Å². The summed E-state index contributed by atoms with van der Waals surface area (Å²) < 4.78 is 38.9. The molecule has 15 heavy (non-hydrogen) atoms. The quantitative estimate of drug-likeness (QED) is 0.866. The molecule has 0 amide bonds. The summed E-state index contributed by atoms with van der Waals surface area (Å²) in [7, 11) is 0. The molecule has 1 aromatic rings. The van der Waals surface area contributed by atoms with Gasteiger partial charge in [0.25, 0.3) is 0 Å². The average Bonchev–Trinajstić information content (AvgIpc) is 2.14. The Balaban J connectivity index is 3.09. The fourth-order valence-corrected chi connectivity index (χ4v) is 1.51. The van der Waals surface area contributed by atoms with Crippen LogP contribution >= 0.6 is 15.9 Å². The predicted molar refractivity (Wildman–Crippen MR) is 50.0 cm³/mol. The molecule has 0 aliphatic carbocycles. The minimum Gasteiger partial charge on any atom is -0.481 e. The first-order valence-electron chi connectivity index (χ1n) is 3.97. The molecule has 0 atom stereocenters. The number of carboxylic acids is 1. The van der Waals surface area contributed by atoms with Gasteiger partial charge >= 0.3 is 5.97 Å². The van der Waals surface area contributed by atoms with Crippen molar-refractivity contribution in [3.05, 3.63) is 33.6 Å². The number of rotatable bonds is 3. The molecule has 6 heteroatoms. The van der Waals surface area contributed by atoms with Gasteiger partial charge in [-0.3, -0.25) is 4.79 Å². The van der Waals surface area contributed by atoms with Crippen LogP contribution in [0, 0.1) is 17.5 Å². The van der Waals surface area contributed by atoms with Gasteiger partial charge in [-0.05, 0) is 28.4 Å². The van der Waals surface area contributed by atoms with Crippen molar-refractivity contribution in [2.75, 3.05) is 0 Å². The van der Waals surface area contributed by atoms with Gasteiger partial charge in [0.05, 0.1) is 4.47 Å². The molecule has 0 bridgehead atoms. The Labute approximate surface area is 91.8 Å². The molecule has 0 aliphatic rings. The summed E-state index contributed by atoms with van der Waals surface area (Å²) in [5.74, 6) is -4.70. The van der Waals surface area contributed by atoms with Crippen LogP contribution in [-0.4, -0.2) is 11.1 Å². The van der Waals surface area contributed by atoms with Gasteiger partial charge in [0.2, 0.25) is 0 Å². The number of hydrogen-bond acceptors (Lipinski definition) is 1. The SMILES string of the molecule is O=C(O)CCc1c(F)c(F)cc(Br)c1F. The number of hydrogen-bond donors (Lipinski definition) is 1. The first-order valence-corrected chi connectivity index (χ1v) is 4.76. The standard InChI is InChI=1S/C9H6BrF3O2/c10-5-3-6(11)9(13)4(8(5)12)1-2-7(14)15/h3H,1-2H2,(H,14,15). The monoisotopic (exact) mass is 282 g/mol. The third kappa shape index (κ3) is 2.71. The van der Waals surface area contributed by atoms with Crippen molar-refractivity contribution in [2.24, 2.45) is 0 Å². The minimum absolute atomic E-state index is 0.221. The van der Waals surface area contributed by atoms with E-state index in [1.54, 1.807) is 0 Å². The zero-order chi connectivity index (χ0) is 11.6. The van der Waals surface area contributed by atoms with Crippen LogP contribution in [0.1, 0.15) is 12.0 Å². The molecule has 1 aromatic carbocycles. The molecule has 2 nitrogen and oxygen atoms in total. The minimum atomic E-state index is -1.34. The van der Waals surface area contributed by atoms with Gasteiger partial charge in [-0.15, -0.1) is 0 Å². The van der Waals surface area contributed by atoms with Crippen LogP contribution in [0.25, 0.3) is 0 Å². The van der Waals surface area contributed by atoms with Gasteiger partial charge in [-0.25, -0.2) is 13.2 Å². The molecule has 0 radical (unpaired) electrons. The highest BCUT2D eigenvalue weighted by Crippen LogP contribution is 2.25. The molecule has 0 spiro atoms. The zero-order valence-electron chi connectivity index (χ0n) is 7.36. The molecule has 1 rings (SSSR count). The number of carbonyl (C=O) groups is 1. The first-order chi connectivity index (χ1) is 6.93. The summed E-state index contributed by atoms with van der Waals surface area (Å²) >= 11 is 2.71. The van der Waals surface area contributed by atoms with Gasteiger partial charge in [0, 0.05) is 12.0 Å². The van der Waals surface area contributed by atoms with E-state index >= 15 is 0 Å². The molecular weight excluding hydrogens is 277 g/mol. The van der Waals surface area contributed by atoms with Crippen LogP contribution in [0.2, 0.25) is 0 Å². The predicted octanol–water partition coefficient (Wildman–Crippen LogP) is 2.88. The van der Waals surface area contributed by atoms with Crippen LogP contribution < -0.4 is 0 Å². The smallest absolute Gasteiger partial charge is 0.303 e. The third-order valence-corrected chi connectivity index (χ3v) is 2.37. The molecule has 0 unspecified atom stereocenters. The topological polar surface area (TPSA) is 37.3 Å². The number of aliphatic carboxylic acids is 1. The van der Waals surface area contributed by atoms with E-state index in [4.69, 9.17) is 5.11 Å². The van der Waals surface area contributed by atoms with Gasteiger partial charge < -0.3 is 5.11 Å². The summed E-state index contributed by atoms with van der Waals surface area (Å²) in [5, 5.41) is 8.34. The highest BCUT2D eigenvalue weighted by atomic mass is 79.9. The third-order valence-electron chi connectivity index (χ3n) is 1.79. The van der Waals surface area contributed by atoms with E-state index in [2.05, 4.69) is 15.9 Å². The Morgan fingerprint density at radius 1 is 1.33 bits per heavy atom. The van der Waals surface area contributed by atoms with E-state index in [1.165, 1.54) is 0 Å². The summed E-state index contributed by atoms with van der Waals surface area (Å²) in [5.41, 5.74) is -0.552. The average molecular weight is 283 g/mol. The maximum atomic E-state index is 13.2. The van der Waals surface area contributed by atoms with Crippen molar-refractivity contribution < 1.29 is 23.1 Å². The Bertz CT molecular complexity index is 381. The van der Waals surface area contributed by atoms with Crippen LogP contribution in [0.5, 0.6) is 0 Å². The number of halogens is 4. The highest BCUT2D eigenvalue weighted by molar-refractivity contribution is 9.10. The second-order valence-corrected chi connectivity index (χ2v) is 3.69. The molecule has 0 aromatic heterocycles. The Kier molecular flexibility index (Phi) is 3.73. The molecule has 82 valence electrons. The summed E-state index contributed by atoms with van der Waals surface area (Å²) in [6.45, 7) is 0. The normalized spacial score (nSPS) is 10.4. The first kappa shape index (κ1) is 12.0. The molecule has 0 fully saturated rings. The number of benzene rings is 1. The summed E-state index contributed by atoms with van der Waals surface area (Å²) in [6, 6.07) is 0.662. The second-order valence-electron chi connectivity index (χ2n) is 2.84. The van der Waals surface area contributed by atoms with Gasteiger partial charge in [0.15, 0.2) is 11.6 Å². The lowest BCUT2D eigenvalue weighted by Crippen LogP contribution is -2.04. The fraction of sp³-hybridized carbons (Fsp3) is 0.222. The lowest BCUT2D eigenvalue weighted by Gasteiger charge is -2.05. The van der Waals surface area contributed by atoms with Crippen LogP contribution in [0.4, 0.5) is 13.2 Å². The maximum absolute atomic E-state index is 13.2. The van der Waals surface area contributed by atoms with E-state index in [9.17, 15) is 18.0 Å². The maximum Gasteiger partial charge on any atom is 0.303 e. The molecule has 0 saturated carbocycles. The van der Waals surface area contributed by atoms with Crippen molar-refractivity contribution in [2.45, 2.75) is 12.8 Å². The number of carboxylic acid groups (broad SMARTS) is 1. The highest BCUT2D eigenvalue weighted by Gasteiger charge is 2.17.